The highest BCUT2D eigenvalue weighted by molar-refractivity contribution is 8.01. The van der Waals surface area contributed by atoms with Gasteiger partial charge in [0.2, 0.25) is 5.91 Å². The highest BCUT2D eigenvalue weighted by Crippen LogP contribution is 2.58. The summed E-state index contributed by atoms with van der Waals surface area (Å²) in [6, 6.07) is 0.322. The minimum atomic E-state index is -3.58. The third-order valence-electron chi connectivity index (χ3n) is 6.28. The molecule has 0 aromatic carbocycles. The first-order valence-electron chi connectivity index (χ1n) is 9.88. The van der Waals surface area contributed by atoms with E-state index in [1.807, 2.05) is 12.2 Å². The molecule has 0 aromatic rings. The van der Waals surface area contributed by atoms with Crippen LogP contribution in [-0.2, 0) is 19.2 Å². The monoisotopic (exact) mass is 412 g/mol. The number of rotatable bonds is 4. The summed E-state index contributed by atoms with van der Waals surface area (Å²) in [5, 5.41) is 4.84. The van der Waals surface area contributed by atoms with Crippen molar-refractivity contribution in [2.24, 2.45) is 11.8 Å². The fourth-order valence-corrected chi connectivity index (χ4v) is 7.44. The number of allylic oxidation sites excluding steroid dienone is 3. The Balaban J connectivity index is 1.52. The molecule has 1 N–H and O–H groups in total. The molecule has 3 fully saturated rings. The van der Waals surface area contributed by atoms with Crippen LogP contribution in [0.25, 0.3) is 0 Å². The van der Waals surface area contributed by atoms with Crippen molar-refractivity contribution in [3.63, 3.8) is 0 Å². The molecule has 2 aliphatic heterocycles. The Morgan fingerprint density at radius 3 is 2.81 bits per heavy atom. The molecular weight excluding hydrogens is 384 g/mol. The minimum absolute atomic E-state index is 0.0211. The van der Waals surface area contributed by atoms with Crippen molar-refractivity contribution in [3.05, 3.63) is 23.9 Å². The van der Waals surface area contributed by atoms with Gasteiger partial charge in [0, 0.05) is 18.3 Å². The number of carbonyl (C=O) groups excluding carboxylic acids is 1. The average molecular weight is 413 g/mol. The van der Waals surface area contributed by atoms with Gasteiger partial charge in [-0.15, -0.1) is 16.0 Å². The van der Waals surface area contributed by atoms with Gasteiger partial charge in [0.15, 0.2) is 0 Å². The van der Waals surface area contributed by atoms with E-state index >= 15 is 0 Å². The second kappa shape index (κ2) is 7.44. The molecule has 1 amide bonds. The highest BCUT2D eigenvalue weighted by atomic mass is 32.2. The largest absolute Gasteiger partial charge is 0.353 e. The third kappa shape index (κ3) is 3.80. The number of piperidine rings is 1. The van der Waals surface area contributed by atoms with Gasteiger partial charge in [0.05, 0.1) is 22.6 Å². The van der Waals surface area contributed by atoms with Gasteiger partial charge >= 0.3 is 0 Å². The number of amides is 1. The lowest BCUT2D eigenvalue weighted by atomic mass is 9.72. The van der Waals surface area contributed by atoms with Crippen LogP contribution in [0.3, 0.4) is 0 Å². The zero-order valence-corrected chi connectivity index (χ0v) is 17.4. The summed E-state index contributed by atoms with van der Waals surface area (Å²) in [7, 11) is -3.58. The molecule has 2 aliphatic carbocycles. The number of carbonyl (C=O) groups is 1. The van der Waals surface area contributed by atoms with Gasteiger partial charge in [-0.25, -0.2) is 5.06 Å². The molecule has 1 spiro atoms. The normalized spacial score (nSPS) is 34.0. The molecule has 150 valence electrons. The summed E-state index contributed by atoms with van der Waals surface area (Å²) in [6.45, 7) is 0.493. The number of nitrogens with zero attached hydrogens (tertiary/aromatic N) is 1. The van der Waals surface area contributed by atoms with Gasteiger partial charge in [0.1, 0.15) is 0 Å². The third-order valence-corrected chi connectivity index (χ3v) is 8.45. The van der Waals surface area contributed by atoms with Crippen LogP contribution >= 0.6 is 11.8 Å². The van der Waals surface area contributed by atoms with Crippen LogP contribution in [0.15, 0.2) is 23.9 Å². The standard InChI is InChI=1S/C19H28N2O4S2/c1-27(23,24)25-21-12-10-16-15(18(22)20-14-7-3-2-4-8-14)13-26-19(16)11-6-5-9-17(19)21/h5-6,9,14-16H,2-4,7-8,10-13H2,1H3,(H,20,22). The maximum atomic E-state index is 13.0. The summed E-state index contributed by atoms with van der Waals surface area (Å²) in [5.74, 6) is 1.15. The molecular formula is C19H28N2O4S2. The van der Waals surface area contributed by atoms with Gasteiger partial charge in [-0.3, -0.25) is 4.79 Å². The van der Waals surface area contributed by atoms with E-state index in [0.717, 1.165) is 43.4 Å². The van der Waals surface area contributed by atoms with Crippen molar-refractivity contribution in [3.8, 4) is 0 Å². The molecule has 1 saturated carbocycles. The molecule has 6 nitrogen and oxygen atoms in total. The quantitative estimate of drug-likeness (QED) is 0.765. The van der Waals surface area contributed by atoms with Crippen LogP contribution in [0.4, 0.5) is 0 Å². The van der Waals surface area contributed by atoms with Crippen molar-refractivity contribution in [2.75, 3.05) is 18.6 Å². The fraction of sp³-hybridized carbons (Fsp3) is 0.737. The van der Waals surface area contributed by atoms with E-state index in [9.17, 15) is 13.2 Å². The molecule has 2 saturated heterocycles. The van der Waals surface area contributed by atoms with Crippen LogP contribution in [-0.4, -0.2) is 48.7 Å². The average Bonchev–Trinajstić information content (AvgIpc) is 3.00. The number of hydrogen-bond donors (Lipinski definition) is 1. The Morgan fingerprint density at radius 2 is 2.07 bits per heavy atom. The van der Waals surface area contributed by atoms with Crippen molar-refractivity contribution in [2.45, 2.75) is 55.7 Å². The van der Waals surface area contributed by atoms with E-state index in [4.69, 9.17) is 4.28 Å². The number of thioether (sulfide) groups is 1. The lowest BCUT2D eigenvalue weighted by molar-refractivity contribution is -0.128. The number of hydroxylamine groups is 2. The second-order valence-corrected chi connectivity index (χ2v) is 11.0. The lowest BCUT2D eigenvalue weighted by Crippen LogP contribution is -2.52. The summed E-state index contributed by atoms with van der Waals surface area (Å²) >= 11 is 1.79. The SMILES string of the molecule is CS(=O)(=O)ON1CCC2C(C(=O)NC3CCCCC3)CSC23CC=CC=C13. The summed E-state index contributed by atoms with van der Waals surface area (Å²) in [5.41, 5.74) is 0.893. The van der Waals surface area contributed by atoms with E-state index in [1.165, 1.54) is 24.3 Å². The van der Waals surface area contributed by atoms with E-state index < -0.39 is 10.1 Å². The predicted octanol–water partition coefficient (Wildman–Crippen LogP) is 2.59. The van der Waals surface area contributed by atoms with Crippen LogP contribution in [0.5, 0.6) is 0 Å². The number of hydrogen-bond acceptors (Lipinski definition) is 6. The van der Waals surface area contributed by atoms with Gasteiger partial charge in [0.25, 0.3) is 10.1 Å². The van der Waals surface area contributed by atoms with Gasteiger partial charge in [-0.1, -0.05) is 31.4 Å². The fourth-order valence-electron chi connectivity index (χ4n) is 5.07. The van der Waals surface area contributed by atoms with E-state index in [1.54, 1.807) is 11.8 Å². The molecule has 3 unspecified atom stereocenters. The van der Waals surface area contributed by atoms with Crippen molar-refractivity contribution < 1.29 is 17.5 Å². The molecule has 0 bridgehead atoms. The van der Waals surface area contributed by atoms with Crippen LogP contribution < -0.4 is 5.32 Å². The molecule has 0 radical (unpaired) electrons. The van der Waals surface area contributed by atoms with Gasteiger partial charge < -0.3 is 5.32 Å². The first-order chi connectivity index (χ1) is 12.9. The second-order valence-electron chi connectivity index (χ2n) is 8.11. The summed E-state index contributed by atoms with van der Waals surface area (Å²) < 4.78 is 28.4. The Kier molecular flexibility index (Phi) is 5.33. The van der Waals surface area contributed by atoms with E-state index in [0.29, 0.717) is 12.6 Å². The molecule has 3 atom stereocenters. The molecule has 4 aliphatic rings. The molecule has 0 aromatic heterocycles. The Labute approximate surface area is 165 Å². The zero-order chi connectivity index (χ0) is 19.1. The molecule has 4 rings (SSSR count). The highest BCUT2D eigenvalue weighted by Gasteiger charge is 2.57. The first-order valence-corrected chi connectivity index (χ1v) is 12.7. The Morgan fingerprint density at radius 1 is 1.30 bits per heavy atom. The molecule has 27 heavy (non-hydrogen) atoms. The number of nitrogens with one attached hydrogen (secondary N) is 1. The van der Waals surface area contributed by atoms with E-state index in [2.05, 4.69) is 11.4 Å². The van der Waals surface area contributed by atoms with Gasteiger partial charge in [-0.2, -0.15) is 8.42 Å². The predicted molar refractivity (Wildman–Crippen MR) is 106 cm³/mol. The van der Waals surface area contributed by atoms with Crippen molar-refractivity contribution >= 4 is 27.8 Å². The van der Waals surface area contributed by atoms with Crippen LogP contribution in [0.1, 0.15) is 44.9 Å². The van der Waals surface area contributed by atoms with Crippen molar-refractivity contribution in [1.82, 2.24) is 10.4 Å². The summed E-state index contributed by atoms with van der Waals surface area (Å²) in [4.78, 5) is 13.0. The maximum Gasteiger partial charge on any atom is 0.285 e. The summed E-state index contributed by atoms with van der Waals surface area (Å²) in [6.07, 6.45) is 14.5. The van der Waals surface area contributed by atoms with Gasteiger partial charge in [-0.05, 0) is 37.7 Å². The molecule has 8 heteroatoms. The van der Waals surface area contributed by atoms with E-state index in [-0.39, 0.29) is 22.5 Å². The zero-order valence-electron chi connectivity index (χ0n) is 15.7. The topological polar surface area (TPSA) is 75.7 Å². The minimum Gasteiger partial charge on any atom is -0.353 e. The maximum absolute atomic E-state index is 13.0. The Hall–Kier alpha value is -0.990. The van der Waals surface area contributed by atoms with Crippen LogP contribution in [0.2, 0.25) is 0 Å². The first kappa shape index (κ1) is 19.3. The Bertz CT molecular complexity index is 758. The smallest absolute Gasteiger partial charge is 0.285 e. The lowest BCUT2D eigenvalue weighted by Gasteiger charge is -2.47. The molecule has 2 heterocycles. The van der Waals surface area contributed by atoms with Crippen molar-refractivity contribution in [1.29, 1.82) is 0 Å². The van der Waals surface area contributed by atoms with Crippen LogP contribution in [0, 0.1) is 11.8 Å².